The predicted molar refractivity (Wildman–Crippen MR) is 55.1 cm³/mol. The lowest BCUT2D eigenvalue weighted by atomic mass is 9.93. The molecule has 4 atom stereocenters. The maximum atomic E-state index is 9.80. The minimum Gasteiger partial charge on any atom is -0.388 e. The molecule has 1 saturated heterocycles. The van der Waals surface area contributed by atoms with Crippen molar-refractivity contribution in [2.45, 2.75) is 44.3 Å². The van der Waals surface area contributed by atoms with E-state index >= 15 is 0 Å². The summed E-state index contributed by atoms with van der Waals surface area (Å²) in [4.78, 5) is 0. The van der Waals surface area contributed by atoms with Crippen LogP contribution in [-0.2, 0) is 14.2 Å². The van der Waals surface area contributed by atoms with Gasteiger partial charge in [0.2, 0.25) is 0 Å². The fourth-order valence-electron chi connectivity index (χ4n) is 1.70. The van der Waals surface area contributed by atoms with Gasteiger partial charge in [0.15, 0.2) is 0 Å². The average Bonchev–Trinajstić information content (AvgIpc) is 2.33. The Hall–Kier alpha value is -0.0951. The summed E-state index contributed by atoms with van der Waals surface area (Å²) in [6, 6.07) is -0.182. The highest BCUT2D eigenvalue weighted by Gasteiger charge is 2.42. The lowest BCUT2D eigenvalue weighted by molar-refractivity contribution is -0.0818. The molecule has 1 N–H and O–H groups in total. The largest absolute Gasteiger partial charge is 0.388 e. The molecule has 5 heteroatoms. The van der Waals surface area contributed by atoms with Gasteiger partial charge in [-0.3, -0.25) is 0 Å². The van der Waals surface area contributed by atoms with Crippen LogP contribution in [0.2, 0.25) is 0 Å². The molecule has 0 radical (unpaired) electrons. The third-order valence-electron chi connectivity index (χ3n) is 2.33. The first-order chi connectivity index (χ1) is 6.56. The summed E-state index contributed by atoms with van der Waals surface area (Å²) >= 11 is 0. The van der Waals surface area contributed by atoms with Crippen LogP contribution in [0.4, 0.5) is 0 Å². The molecule has 1 aliphatic heterocycles. The van der Waals surface area contributed by atoms with Crippen molar-refractivity contribution in [1.82, 2.24) is 0 Å². The molecular formula is C9H19BO4. The van der Waals surface area contributed by atoms with Gasteiger partial charge in [-0.2, -0.15) is 0 Å². The van der Waals surface area contributed by atoms with Crippen molar-refractivity contribution in [3.8, 4) is 0 Å². The van der Waals surface area contributed by atoms with Crippen molar-refractivity contribution < 1.29 is 19.3 Å². The van der Waals surface area contributed by atoms with Crippen LogP contribution in [0, 0.1) is 0 Å². The highest BCUT2D eigenvalue weighted by Crippen LogP contribution is 2.23. The summed E-state index contributed by atoms with van der Waals surface area (Å²) in [6.07, 6.45) is -0.905. The van der Waals surface area contributed by atoms with Gasteiger partial charge >= 0.3 is 0 Å². The molecule has 82 valence electrons. The van der Waals surface area contributed by atoms with E-state index in [1.54, 1.807) is 7.11 Å². The zero-order valence-electron chi connectivity index (χ0n) is 9.27. The summed E-state index contributed by atoms with van der Waals surface area (Å²) < 4.78 is 16.1. The third-order valence-corrected chi connectivity index (χ3v) is 2.33. The minimum absolute atomic E-state index is 0.0860. The second-order valence-electron chi connectivity index (χ2n) is 3.98. The van der Waals surface area contributed by atoms with Crippen molar-refractivity contribution >= 4 is 7.85 Å². The average molecular weight is 202 g/mol. The van der Waals surface area contributed by atoms with Crippen LogP contribution in [0.15, 0.2) is 0 Å². The van der Waals surface area contributed by atoms with Gasteiger partial charge in [-0.25, -0.2) is 0 Å². The molecule has 0 aromatic heterocycles. The standard InChI is InChI=1S/C9H19BO4/c1-5(2)13-8-6(4-12-3)14-9(10)7(8)11/h5-9,11H,4,10H2,1-3H3/t6-,7?,8?,9-/m1/s1. The topological polar surface area (TPSA) is 47.9 Å². The molecule has 1 rings (SSSR count). The smallest absolute Gasteiger partial charge is 0.142 e. The predicted octanol–water partition coefficient (Wildman–Crippen LogP) is -0.855. The lowest BCUT2D eigenvalue weighted by Gasteiger charge is -2.22. The first kappa shape index (κ1) is 12.0. The Labute approximate surface area is 85.9 Å². The first-order valence-electron chi connectivity index (χ1n) is 5.04. The van der Waals surface area contributed by atoms with Crippen molar-refractivity contribution in [1.29, 1.82) is 0 Å². The van der Waals surface area contributed by atoms with Crippen molar-refractivity contribution in [3.63, 3.8) is 0 Å². The Bertz CT molecular complexity index is 176. The van der Waals surface area contributed by atoms with E-state index in [1.165, 1.54) is 0 Å². The fraction of sp³-hybridized carbons (Fsp3) is 1.00. The Morgan fingerprint density at radius 2 is 2.14 bits per heavy atom. The molecule has 0 spiro atoms. The number of methoxy groups -OCH3 is 1. The molecule has 1 aliphatic rings. The van der Waals surface area contributed by atoms with E-state index < -0.39 is 6.10 Å². The van der Waals surface area contributed by atoms with E-state index in [4.69, 9.17) is 14.2 Å². The van der Waals surface area contributed by atoms with Crippen LogP contribution in [0.1, 0.15) is 13.8 Å². The minimum atomic E-state index is -0.558. The molecule has 0 bridgehead atoms. The third kappa shape index (κ3) is 2.70. The molecule has 0 amide bonds. The van der Waals surface area contributed by atoms with Crippen molar-refractivity contribution in [2.75, 3.05) is 13.7 Å². The number of hydrogen-bond acceptors (Lipinski definition) is 4. The van der Waals surface area contributed by atoms with E-state index in [1.807, 2.05) is 21.7 Å². The van der Waals surface area contributed by atoms with Crippen LogP contribution in [0.25, 0.3) is 0 Å². The Kier molecular flexibility index (Phi) is 4.38. The number of aliphatic hydroxyl groups is 1. The van der Waals surface area contributed by atoms with Crippen LogP contribution >= 0.6 is 0 Å². The normalized spacial score (nSPS) is 38.1. The first-order valence-corrected chi connectivity index (χ1v) is 5.04. The molecule has 0 saturated carbocycles. The maximum absolute atomic E-state index is 9.80. The summed E-state index contributed by atoms with van der Waals surface area (Å²) in [5.41, 5.74) is 0. The number of ether oxygens (including phenoxy) is 3. The highest BCUT2D eigenvalue weighted by atomic mass is 16.6. The van der Waals surface area contributed by atoms with Gasteiger partial charge in [0.1, 0.15) is 26.2 Å². The lowest BCUT2D eigenvalue weighted by Crippen LogP contribution is -2.38. The van der Waals surface area contributed by atoms with Gasteiger partial charge < -0.3 is 19.3 Å². The zero-order chi connectivity index (χ0) is 10.7. The molecule has 4 nitrogen and oxygen atoms in total. The maximum Gasteiger partial charge on any atom is 0.142 e. The van der Waals surface area contributed by atoms with Crippen LogP contribution in [0.5, 0.6) is 0 Å². The molecule has 2 unspecified atom stereocenters. The molecule has 14 heavy (non-hydrogen) atoms. The van der Waals surface area contributed by atoms with Crippen LogP contribution < -0.4 is 0 Å². The van der Waals surface area contributed by atoms with Gasteiger partial charge in [-0.1, -0.05) is 0 Å². The molecule has 0 aromatic rings. The number of aliphatic hydroxyl groups excluding tert-OH is 1. The zero-order valence-corrected chi connectivity index (χ0v) is 9.27. The summed E-state index contributed by atoms with van der Waals surface area (Å²) in [6.45, 7) is 4.35. The van der Waals surface area contributed by atoms with Gasteiger partial charge in [0, 0.05) is 7.11 Å². The quantitative estimate of drug-likeness (QED) is 0.603. The second kappa shape index (κ2) is 5.12. The molecule has 1 fully saturated rings. The molecule has 0 aromatic carbocycles. The fourth-order valence-corrected chi connectivity index (χ4v) is 1.70. The second-order valence-corrected chi connectivity index (χ2v) is 3.98. The highest BCUT2D eigenvalue weighted by molar-refractivity contribution is 6.11. The van der Waals surface area contributed by atoms with Crippen LogP contribution in [0.3, 0.4) is 0 Å². The Morgan fingerprint density at radius 3 is 2.64 bits per heavy atom. The van der Waals surface area contributed by atoms with E-state index in [9.17, 15) is 5.11 Å². The molecular weight excluding hydrogens is 183 g/mol. The van der Waals surface area contributed by atoms with Gasteiger partial charge in [0.05, 0.1) is 18.7 Å². The van der Waals surface area contributed by atoms with E-state index in [2.05, 4.69) is 0 Å². The van der Waals surface area contributed by atoms with E-state index in [-0.39, 0.29) is 24.3 Å². The summed E-state index contributed by atoms with van der Waals surface area (Å²) in [7, 11) is 3.46. The SMILES string of the molecule is B[C@@H]1O[C@H](COC)C(OC(C)C)C1O. The summed E-state index contributed by atoms with van der Waals surface area (Å²) in [5.74, 6) is 0. The van der Waals surface area contributed by atoms with Gasteiger partial charge in [-0.05, 0) is 13.8 Å². The van der Waals surface area contributed by atoms with Gasteiger partial charge in [-0.15, -0.1) is 0 Å². The monoisotopic (exact) mass is 202 g/mol. The van der Waals surface area contributed by atoms with Gasteiger partial charge in [0.25, 0.3) is 0 Å². The Balaban J connectivity index is 2.56. The van der Waals surface area contributed by atoms with Crippen molar-refractivity contribution in [3.05, 3.63) is 0 Å². The van der Waals surface area contributed by atoms with E-state index in [0.29, 0.717) is 6.61 Å². The van der Waals surface area contributed by atoms with Crippen molar-refractivity contribution in [2.24, 2.45) is 0 Å². The number of rotatable bonds is 4. The van der Waals surface area contributed by atoms with E-state index in [0.717, 1.165) is 0 Å². The molecule has 1 heterocycles. The molecule has 0 aliphatic carbocycles. The summed E-state index contributed by atoms with van der Waals surface area (Å²) in [5, 5.41) is 9.80. The van der Waals surface area contributed by atoms with Crippen LogP contribution in [-0.4, -0.2) is 57.1 Å². The Morgan fingerprint density at radius 1 is 1.50 bits per heavy atom. The number of hydrogen-bond donors (Lipinski definition) is 1.